The first-order valence-corrected chi connectivity index (χ1v) is 7.57. The zero-order chi connectivity index (χ0) is 15.4. The third-order valence-corrected chi connectivity index (χ3v) is 5.79. The van der Waals surface area contributed by atoms with Gasteiger partial charge in [0.15, 0.2) is 0 Å². The van der Waals surface area contributed by atoms with Crippen molar-refractivity contribution < 1.29 is 24.2 Å². The number of hydrogen-bond donors (Lipinski definition) is 1. The Hall–Kier alpha value is -1.43. The number of fused-ring (bicyclic) bond motifs is 5. The van der Waals surface area contributed by atoms with Crippen molar-refractivity contribution in [3.8, 4) is 0 Å². The molecule has 3 heterocycles. The van der Waals surface area contributed by atoms with E-state index < -0.39 is 16.8 Å². The third kappa shape index (κ3) is 1.65. The molecule has 0 aromatic heterocycles. The van der Waals surface area contributed by atoms with E-state index in [-0.39, 0.29) is 30.4 Å². The minimum Gasteiger partial charge on any atom is -0.481 e. The van der Waals surface area contributed by atoms with Crippen LogP contribution in [0.1, 0.15) is 46.0 Å². The fraction of sp³-hybridized carbons (Fsp3) is 0.800. The van der Waals surface area contributed by atoms with Crippen molar-refractivity contribution in [1.82, 2.24) is 4.90 Å². The van der Waals surface area contributed by atoms with E-state index in [0.29, 0.717) is 19.4 Å². The number of hydrogen-bond acceptors (Lipinski definition) is 4. The highest BCUT2D eigenvalue weighted by molar-refractivity contribution is 6.10. The van der Waals surface area contributed by atoms with Gasteiger partial charge in [0.25, 0.3) is 0 Å². The van der Waals surface area contributed by atoms with Crippen LogP contribution in [0.5, 0.6) is 0 Å². The Balaban J connectivity index is 1.76. The van der Waals surface area contributed by atoms with Gasteiger partial charge < -0.3 is 9.84 Å². The van der Waals surface area contributed by atoms with E-state index in [2.05, 4.69) is 0 Å². The molecule has 0 unspecified atom stereocenters. The number of imide groups is 1. The molecule has 4 atom stereocenters. The average molecular weight is 295 g/mol. The Labute approximate surface area is 123 Å². The molecule has 0 aliphatic carbocycles. The van der Waals surface area contributed by atoms with E-state index in [1.54, 1.807) is 0 Å². The predicted octanol–water partition coefficient (Wildman–Crippen LogP) is 1.18. The van der Waals surface area contributed by atoms with Gasteiger partial charge in [-0.15, -0.1) is 0 Å². The van der Waals surface area contributed by atoms with Gasteiger partial charge in [-0.3, -0.25) is 19.3 Å². The minimum absolute atomic E-state index is 0.0686. The number of aliphatic carboxylic acids is 1. The summed E-state index contributed by atoms with van der Waals surface area (Å²) in [7, 11) is 0. The number of nitrogens with zero attached hydrogens (tertiary/aromatic N) is 1. The highest BCUT2D eigenvalue weighted by Crippen LogP contribution is 2.64. The van der Waals surface area contributed by atoms with E-state index in [4.69, 9.17) is 9.84 Å². The molecule has 0 spiro atoms. The molecule has 3 aliphatic rings. The molecule has 2 amide bonds. The Morgan fingerprint density at radius 1 is 1.19 bits per heavy atom. The van der Waals surface area contributed by atoms with Gasteiger partial charge in [-0.2, -0.15) is 0 Å². The van der Waals surface area contributed by atoms with Gasteiger partial charge in [0.1, 0.15) is 0 Å². The van der Waals surface area contributed by atoms with Crippen LogP contribution >= 0.6 is 0 Å². The van der Waals surface area contributed by atoms with Crippen molar-refractivity contribution >= 4 is 17.8 Å². The lowest BCUT2D eigenvalue weighted by Gasteiger charge is -2.36. The van der Waals surface area contributed by atoms with Gasteiger partial charge in [-0.05, 0) is 39.5 Å². The zero-order valence-corrected chi connectivity index (χ0v) is 12.4. The molecular weight excluding hydrogens is 274 g/mol. The number of amides is 2. The van der Waals surface area contributed by atoms with E-state index in [1.807, 2.05) is 13.8 Å². The normalized spacial score (nSPS) is 41.0. The maximum atomic E-state index is 12.8. The molecule has 2 bridgehead atoms. The van der Waals surface area contributed by atoms with Crippen molar-refractivity contribution in [2.75, 3.05) is 6.54 Å². The van der Waals surface area contributed by atoms with Crippen molar-refractivity contribution in [2.45, 2.75) is 58.2 Å². The first kappa shape index (κ1) is 14.5. The van der Waals surface area contributed by atoms with Crippen molar-refractivity contribution in [3.05, 3.63) is 0 Å². The van der Waals surface area contributed by atoms with Gasteiger partial charge in [0.2, 0.25) is 11.8 Å². The molecule has 0 saturated carbocycles. The first-order chi connectivity index (χ1) is 9.83. The van der Waals surface area contributed by atoms with Crippen LogP contribution in [-0.2, 0) is 19.1 Å². The summed E-state index contributed by atoms with van der Waals surface area (Å²) >= 11 is 0. The molecular formula is C15H21NO5. The standard InChI is InChI=1S/C15H21NO5/c1-14-9-6-7-10(21-9)15(14,2)13(20)16(12(14)19)8-4-3-5-11(17)18/h9-10H,3-8H2,1-2H3,(H,17,18)/t9-,10+,14+,15-. The van der Waals surface area contributed by atoms with Crippen LogP contribution in [0.25, 0.3) is 0 Å². The number of carboxylic acids is 1. The fourth-order valence-electron chi connectivity index (χ4n) is 4.28. The molecule has 3 fully saturated rings. The predicted molar refractivity (Wildman–Crippen MR) is 72.3 cm³/mol. The molecule has 116 valence electrons. The monoisotopic (exact) mass is 295 g/mol. The van der Waals surface area contributed by atoms with Crippen LogP contribution in [0.2, 0.25) is 0 Å². The average Bonchev–Trinajstić information content (AvgIpc) is 3.03. The molecule has 1 N–H and O–H groups in total. The maximum Gasteiger partial charge on any atom is 0.303 e. The van der Waals surface area contributed by atoms with Crippen molar-refractivity contribution in [2.24, 2.45) is 10.8 Å². The highest BCUT2D eigenvalue weighted by atomic mass is 16.5. The molecule has 3 saturated heterocycles. The summed E-state index contributed by atoms with van der Waals surface area (Å²) in [4.78, 5) is 37.4. The lowest BCUT2D eigenvalue weighted by Crippen LogP contribution is -2.48. The van der Waals surface area contributed by atoms with E-state index in [9.17, 15) is 14.4 Å². The Morgan fingerprint density at radius 2 is 1.71 bits per heavy atom. The molecule has 6 nitrogen and oxygen atoms in total. The summed E-state index contributed by atoms with van der Waals surface area (Å²) in [5, 5.41) is 8.64. The van der Waals surface area contributed by atoms with E-state index in [0.717, 1.165) is 12.8 Å². The van der Waals surface area contributed by atoms with Crippen molar-refractivity contribution in [1.29, 1.82) is 0 Å². The van der Waals surface area contributed by atoms with Crippen molar-refractivity contribution in [3.63, 3.8) is 0 Å². The van der Waals surface area contributed by atoms with Gasteiger partial charge in [0.05, 0.1) is 23.0 Å². The quantitative estimate of drug-likeness (QED) is 0.608. The van der Waals surface area contributed by atoms with Crippen LogP contribution in [0.15, 0.2) is 0 Å². The lowest BCUT2D eigenvalue weighted by molar-refractivity contribution is -0.145. The van der Waals surface area contributed by atoms with Crippen LogP contribution in [0, 0.1) is 10.8 Å². The summed E-state index contributed by atoms with van der Waals surface area (Å²) < 4.78 is 5.85. The number of ether oxygens (including phenoxy) is 1. The van der Waals surface area contributed by atoms with E-state index >= 15 is 0 Å². The summed E-state index contributed by atoms with van der Waals surface area (Å²) in [6.45, 7) is 4.03. The Bertz CT molecular complexity index is 484. The summed E-state index contributed by atoms with van der Waals surface area (Å²) in [6, 6.07) is 0. The molecule has 3 rings (SSSR count). The second kappa shape index (κ2) is 4.53. The number of carboxylic acid groups (broad SMARTS) is 1. The zero-order valence-electron chi connectivity index (χ0n) is 12.4. The summed E-state index contributed by atoms with van der Waals surface area (Å²) in [5.41, 5.74) is -1.50. The van der Waals surface area contributed by atoms with Gasteiger partial charge in [-0.25, -0.2) is 0 Å². The third-order valence-electron chi connectivity index (χ3n) is 5.79. The second-order valence-electron chi connectivity index (χ2n) is 6.71. The molecule has 0 aromatic carbocycles. The van der Waals surface area contributed by atoms with Crippen LogP contribution < -0.4 is 0 Å². The molecule has 0 radical (unpaired) electrons. The number of carbonyl (C=O) groups excluding carboxylic acids is 2. The maximum absolute atomic E-state index is 12.8. The minimum atomic E-state index is -0.851. The first-order valence-electron chi connectivity index (χ1n) is 7.57. The molecule has 0 aromatic rings. The smallest absolute Gasteiger partial charge is 0.303 e. The van der Waals surface area contributed by atoms with Gasteiger partial charge in [-0.1, -0.05) is 0 Å². The fourth-order valence-corrected chi connectivity index (χ4v) is 4.28. The van der Waals surface area contributed by atoms with Gasteiger partial charge in [0, 0.05) is 13.0 Å². The number of likely N-dealkylation sites (tertiary alicyclic amines) is 1. The Kier molecular flexibility index (Phi) is 3.13. The summed E-state index contributed by atoms with van der Waals surface area (Å²) in [6.07, 6.45) is 2.43. The van der Waals surface area contributed by atoms with E-state index in [1.165, 1.54) is 4.90 Å². The number of carbonyl (C=O) groups is 3. The molecule has 3 aliphatic heterocycles. The largest absolute Gasteiger partial charge is 0.481 e. The van der Waals surface area contributed by atoms with Crippen LogP contribution in [0.4, 0.5) is 0 Å². The summed E-state index contributed by atoms with van der Waals surface area (Å²) in [5.74, 6) is -1.13. The lowest BCUT2D eigenvalue weighted by atomic mass is 9.59. The Morgan fingerprint density at radius 3 is 2.19 bits per heavy atom. The molecule has 6 heteroatoms. The highest BCUT2D eigenvalue weighted by Gasteiger charge is 2.76. The number of unbranched alkanes of at least 4 members (excludes halogenated alkanes) is 1. The number of rotatable bonds is 5. The molecule has 21 heavy (non-hydrogen) atoms. The second-order valence-corrected chi connectivity index (χ2v) is 6.71. The van der Waals surface area contributed by atoms with Crippen LogP contribution in [-0.4, -0.2) is 46.5 Å². The SMILES string of the molecule is C[C@@]12C(=O)N(CCCCC(=O)O)C(=O)[C@]1(C)[C@H]1CC[C@@H]2O1. The van der Waals surface area contributed by atoms with Crippen LogP contribution in [0.3, 0.4) is 0 Å². The topological polar surface area (TPSA) is 83.9 Å². The van der Waals surface area contributed by atoms with Gasteiger partial charge >= 0.3 is 5.97 Å².